The number of primary amides is 1. The van der Waals surface area contributed by atoms with E-state index in [1.54, 1.807) is 0 Å². The van der Waals surface area contributed by atoms with E-state index in [2.05, 4.69) is 31.1 Å². The molecule has 0 saturated carbocycles. The Labute approximate surface area is 123 Å². The molecule has 0 radical (unpaired) electrons. The number of nitrogens with zero attached hydrogens (tertiary/aromatic N) is 1. The SMILES string of the molecule is CCCNC(C)(CC(C)N(C)CC1CCCO1)C(N)=O. The van der Waals surface area contributed by atoms with Crippen LogP contribution in [0.3, 0.4) is 0 Å². The van der Waals surface area contributed by atoms with Gasteiger partial charge in [0, 0.05) is 19.2 Å². The van der Waals surface area contributed by atoms with Crippen LogP contribution in [0.1, 0.15) is 46.5 Å². The predicted octanol–water partition coefficient (Wildman–Crippen LogP) is 1.12. The number of likely N-dealkylation sites (N-methyl/N-ethyl adjacent to an activating group) is 1. The molecule has 118 valence electrons. The lowest BCUT2D eigenvalue weighted by Crippen LogP contribution is -2.56. The summed E-state index contributed by atoms with van der Waals surface area (Å²) in [4.78, 5) is 14.0. The second kappa shape index (κ2) is 7.96. The molecule has 3 unspecified atom stereocenters. The number of hydrogen-bond acceptors (Lipinski definition) is 4. The highest BCUT2D eigenvalue weighted by Crippen LogP contribution is 2.18. The van der Waals surface area contributed by atoms with Crippen LogP contribution in [0.25, 0.3) is 0 Å². The third-order valence-electron chi connectivity index (χ3n) is 4.28. The molecule has 1 aliphatic heterocycles. The second-order valence-corrected chi connectivity index (χ2v) is 6.25. The van der Waals surface area contributed by atoms with Gasteiger partial charge in [0.1, 0.15) is 0 Å². The third kappa shape index (κ3) is 5.04. The van der Waals surface area contributed by atoms with Crippen molar-refractivity contribution in [3.8, 4) is 0 Å². The quantitative estimate of drug-likeness (QED) is 0.666. The van der Waals surface area contributed by atoms with Crippen molar-refractivity contribution in [3.63, 3.8) is 0 Å². The van der Waals surface area contributed by atoms with E-state index in [9.17, 15) is 4.79 Å². The van der Waals surface area contributed by atoms with E-state index in [0.717, 1.165) is 39.0 Å². The topological polar surface area (TPSA) is 67.6 Å². The van der Waals surface area contributed by atoms with Gasteiger partial charge in [-0.2, -0.15) is 0 Å². The molecule has 1 amide bonds. The van der Waals surface area contributed by atoms with Gasteiger partial charge in [0.25, 0.3) is 0 Å². The van der Waals surface area contributed by atoms with E-state index in [4.69, 9.17) is 10.5 Å². The molecule has 3 atom stereocenters. The van der Waals surface area contributed by atoms with Crippen LogP contribution in [0.15, 0.2) is 0 Å². The summed E-state index contributed by atoms with van der Waals surface area (Å²) in [6.07, 6.45) is 4.34. The van der Waals surface area contributed by atoms with Crippen molar-refractivity contribution < 1.29 is 9.53 Å². The maximum Gasteiger partial charge on any atom is 0.237 e. The Morgan fingerprint density at radius 3 is 2.80 bits per heavy atom. The van der Waals surface area contributed by atoms with Crippen molar-refractivity contribution in [2.45, 2.75) is 64.1 Å². The van der Waals surface area contributed by atoms with Gasteiger partial charge >= 0.3 is 0 Å². The summed E-state index contributed by atoms with van der Waals surface area (Å²) in [5.74, 6) is -0.275. The average molecular weight is 285 g/mol. The average Bonchev–Trinajstić information content (AvgIpc) is 2.88. The molecule has 0 aliphatic carbocycles. The summed E-state index contributed by atoms with van der Waals surface area (Å²) in [5.41, 5.74) is 4.94. The number of nitrogens with two attached hydrogens (primary N) is 1. The molecule has 1 fully saturated rings. The van der Waals surface area contributed by atoms with E-state index >= 15 is 0 Å². The molecule has 3 N–H and O–H groups in total. The molecule has 20 heavy (non-hydrogen) atoms. The van der Waals surface area contributed by atoms with Crippen molar-refractivity contribution in [3.05, 3.63) is 0 Å². The van der Waals surface area contributed by atoms with Crippen molar-refractivity contribution in [1.29, 1.82) is 0 Å². The van der Waals surface area contributed by atoms with Crippen molar-refractivity contribution >= 4 is 5.91 Å². The highest BCUT2D eigenvalue weighted by molar-refractivity contribution is 5.84. The van der Waals surface area contributed by atoms with Crippen LogP contribution < -0.4 is 11.1 Å². The normalized spacial score (nSPS) is 23.8. The maximum atomic E-state index is 11.7. The minimum atomic E-state index is -0.639. The number of carbonyl (C=O) groups is 1. The first-order valence-electron chi connectivity index (χ1n) is 7.76. The van der Waals surface area contributed by atoms with E-state index in [1.807, 2.05) is 6.92 Å². The molecule has 0 aromatic carbocycles. The van der Waals surface area contributed by atoms with E-state index in [-0.39, 0.29) is 11.9 Å². The Bertz CT molecular complexity index is 305. The Kier molecular flexibility index (Phi) is 6.92. The zero-order chi connectivity index (χ0) is 15.2. The Hall–Kier alpha value is -0.650. The molecule has 1 saturated heterocycles. The summed E-state index contributed by atoms with van der Waals surface area (Å²) < 4.78 is 5.67. The minimum absolute atomic E-state index is 0.275. The van der Waals surface area contributed by atoms with E-state index in [0.29, 0.717) is 12.5 Å². The van der Waals surface area contributed by atoms with Gasteiger partial charge in [0.2, 0.25) is 5.91 Å². The number of rotatable bonds is 9. The van der Waals surface area contributed by atoms with Gasteiger partial charge < -0.3 is 20.7 Å². The predicted molar refractivity (Wildman–Crippen MR) is 81.6 cm³/mol. The summed E-state index contributed by atoms with van der Waals surface area (Å²) >= 11 is 0. The smallest absolute Gasteiger partial charge is 0.237 e. The van der Waals surface area contributed by atoms with Crippen LogP contribution in [0.4, 0.5) is 0 Å². The first-order chi connectivity index (χ1) is 9.39. The van der Waals surface area contributed by atoms with Gasteiger partial charge in [-0.3, -0.25) is 4.79 Å². The van der Waals surface area contributed by atoms with Gasteiger partial charge in [-0.25, -0.2) is 0 Å². The number of hydrogen-bond donors (Lipinski definition) is 2. The first kappa shape index (κ1) is 17.4. The van der Waals surface area contributed by atoms with E-state index < -0.39 is 5.54 Å². The lowest BCUT2D eigenvalue weighted by molar-refractivity contribution is -0.124. The standard InChI is InChI=1S/C15H31N3O2/c1-5-8-17-15(3,14(16)19)10-12(2)18(4)11-13-7-6-9-20-13/h12-13,17H,5-11H2,1-4H3,(H2,16,19). The van der Waals surface area contributed by atoms with Crippen LogP contribution >= 0.6 is 0 Å². The molecule has 1 aliphatic rings. The van der Waals surface area contributed by atoms with Gasteiger partial charge in [0.05, 0.1) is 11.6 Å². The molecule has 0 spiro atoms. The number of amides is 1. The fourth-order valence-electron chi connectivity index (χ4n) is 2.70. The largest absolute Gasteiger partial charge is 0.377 e. The molecular weight excluding hydrogens is 254 g/mol. The number of ether oxygens (including phenoxy) is 1. The first-order valence-corrected chi connectivity index (χ1v) is 7.76. The molecule has 5 nitrogen and oxygen atoms in total. The van der Waals surface area contributed by atoms with Gasteiger partial charge in [0.15, 0.2) is 0 Å². The highest BCUT2D eigenvalue weighted by Gasteiger charge is 2.33. The van der Waals surface area contributed by atoms with Gasteiger partial charge in [-0.1, -0.05) is 6.92 Å². The summed E-state index contributed by atoms with van der Waals surface area (Å²) in [6, 6.07) is 0.279. The highest BCUT2D eigenvalue weighted by atomic mass is 16.5. The summed E-state index contributed by atoms with van der Waals surface area (Å²) in [6.45, 7) is 8.74. The van der Waals surface area contributed by atoms with Crippen LogP contribution in [0, 0.1) is 0 Å². The molecule has 0 aromatic rings. The lowest BCUT2D eigenvalue weighted by atomic mass is 9.92. The fraction of sp³-hybridized carbons (Fsp3) is 0.933. The maximum absolute atomic E-state index is 11.7. The number of nitrogens with one attached hydrogen (secondary N) is 1. The monoisotopic (exact) mass is 285 g/mol. The summed E-state index contributed by atoms with van der Waals surface area (Å²) in [5, 5.41) is 3.29. The molecule has 0 bridgehead atoms. The summed E-state index contributed by atoms with van der Waals surface area (Å²) in [7, 11) is 2.09. The second-order valence-electron chi connectivity index (χ2n) is 6.25. The third-order valence-corrected chi connectivity index (χ3v) is 4.28. The Balaban J connectivity index is 2.50. The zero-order valence-corrected chi connectivity index (χ0v) is 13.4. The number of carbonyl (C=O) groups excluding carboxylic acids is 1. The van der Waals surface area contributed by atoms with Crippen LogP contribution in [-0.4, -0.2) is 55.2 Å². The van der Waals surface area contributed by atoms with Crippen molar-refractivity contribution in [1.82, 2.24) is 10.2 Å². The lowest BCUT2D eigenvalue weighted by Gasteiger charge is -2.35. The Morgan fingerprint density at radius 2 is 2.30 bits per heavy atom. The van der Waals surface area contributed by atoms with Crippen molar-refractivity contribution in [2.24, 2.45) is 5.73 Å². The van der Waals surface area contributed by atoms with Crippen LogP contribution in [0.5, 0.6) is 0 Å². The zero-order valence-electron chi connectivity index (χ0n) is 13.4. The molecule has 5 heteroatoms. The van der Waals surface area contributed by atoms with Gasteiger partial charge in [-0.15, -0.1) is 0 Å². The molecule has 1 heterocycles. The van der Waals surface area contributed by atoms with Crippen LogP contribution in [-0.2, 0) is 9.53 Å². The van der Waals surface area contributed by atoms with Crippen LogP contribution in [0.2, 0.25) is 0 Å². The Morgan fingerprint density at radius 1 is 1.60 bits per heavy atom. The fourth-order valence-corrected chi connectivity index (χ4v) is 2.70. The van der Waals surface area contributed by atoms with Crippen molar-refractivity contribution in [2.75, 3.05) is 26.7 Å². The minimum Gasteiger partial charge on any atom is -0.377 e. The molecule has 0 aromatic heterocycles. The molecular formula is C15H31N3O2. The molecule has 1 rings (SSSR count). The van der Waals surface area contributed by atoms with E-state index in [1.165, 1.54) is 0 Å². The van der Waals surface area contributed by atoms with Gasteiger partial charge in [-0.05, 0) is 53.1 Å².